The second kappa shape index (κ2) is 6.49. The third kappa shape index (κ3) is 4.22. The standard InChI is InChI=1S/C15H13BrF3NO/c1-20-9-10-2-5-12(6-3-10)21-14-8-11(16)4-7-13(14)15(17,18)19/h2-8,20H,9H2,1H3. The lowest BCUT2D eigenvalue weighted by atomic mass is 10.2. The molecule has 0 radical (unpaired) electrons. The van der Waals surface area contributed by atoms with Crippen LogP contribution in [0.4, 0.5) is 13.2 Å². The summed E-state index contributed by atoms with van der Waals surface area (Å²) < 4.78 is 44.7. The molecule has 2 aromatic carbocycles. The van der Waals surface area contributed by atoms with Gasteiger partial charge in [-0.25, -0.2) is 0 Å². The van der Waals surface area contributed by atoms with Gasteiger partial charge < -0.3 is 10.1 Å². The van der Waals surface area contributed by atoms with E-state index < -0.39 is 11.7 Å². The van der Waals surface area contributed by atoms with Crippen LogP contribution in [0.3, 0.4) is 0 Å². The monoisotopic (exact) mass is 359 g/mol. The summed E-state index contributed by atoms with van der Waals surface area (Å²) in [5.74, 6) is 0.136. The minimum Gasteiger partial charge on any atom is -0.457 e. The van der Waals surface area contributed by atoms with Gasteiger partial charge in [0.15, 0.2) is 0 Å². The number of hydrogen-bond acceptors (Lipinski definition) is 2. The van der Waals surface area contributed by atoms with Crippen molar-refractivity contribution in [3.63, 3.8) is 0 Å². The first-order valence-electron chi connectivity index (χ1n) is 6.18. The van der Waals surface area contributed by atoms with Gasteiger partial charge in [-0.2, -0.15) is 13.2 Å². The van der Waals surface area contributed by atoms with Crippen molar-refractivity contribution in [3.05, 3.63) is 58.1 Å². The zero-order chi connectivity index (χ0) is 15.5. The highest BCUT2D eigenvalue weighted by Gasteiger charge is 2.34. The van der Waals surface area contributed by atoms with Crippen LogP contribution < -0.4 is 10.1 Å². The summed E-state index contributed by atoms with van der Waals surface area (Å²) in [5.41, 5.74) is 0.222. The first kappa shape index (κ1) is 15.9. The van der Waals surface area contributed by atoms with Crippen molar-refractivity contribution in [1.82, 2.24) is 5.32 Å². The molecule has 2 aromatic rings. The first-order valence-corrected chi connectivity index (χ1v) is 6.97. The molecule has 0 bridgehead atoms. The smallest absolute Gasteiger partial charge is 0.419 e. The van der Waals surface area contributed by atoms with Gasteiger partial charge in [0.2, 0.25) is 0 Å². The molecular weight excluding hydrogens is 347 g/mol. The minimum atomic E-state index is -4.46. The van der Waals surface area contributed by atoms with Crippen LogP contribution >= 0.6 is 15.9 Å². The average Bonchev–Trinajstić information content (AvgIpc) is 2.40. The van der Waals surface area contributed by atoms with Crippen molar-refractivity contribution in [2.75, 3.05) is 7.05 Å². The number of alkyl halides is 3. The molecule has 0 aliphatic heterocycles. The molecule has 1 N–H and O–H groups in total. The van der Waals surface area contributed by atoms with Crippen molar-refractivity contribution in [1.29, 1.82) is 0 Å². The van der Waals surface area contributed by atoms with Crippen molar-refractivity contribution >= 4 is 15.9 Å². The first-order chi connectivity index (χ1) is 9.90. The van der Waals surface area contributed by atoms with E-state index in [1.165, 1.54) is 12.1 Å². The van der Waals surface area contributed by atoms with Crippen LogP contribution in [0.25, 0.3) is 0 Å². The van der Waals surface area contributed by atoms with Gasteiger partial charge in [0.05, 0.1) is 5.56 Å². The fourth-order valence-electron chi connectivity index (χ4n) is 1.82. The van der Waals surface area contributed by atoms with Crippen LogP contribution in [0, 0.1) is 0 Å². The van der Waals surface area contributed by atoms with Crippen LogP contribution in [-0.2, 0) is 12.7 Å². The minimum absolute atomic E-state index is 0.224. The van der Waals surface area contributed by atoms with Gasteiger partial charge in [-0.1, -0.05) is 28.1 Å². The number of rotatable bonds is 4. The molecule has 112 valence electrons. The lowest BCUT2D eigenvalue weighted by Crippen LogP contribution is -2.07. The largest absolute Gasteiger partial charge is 0.457 e. The molecule has 0 saturated carbocycles. The van der Waals surface area contributed by atoms with Crippen molar-refractivity contribution in [3.8, 4) is 11.5 Å². The highest BCUT2D eigenvalue weighted by Crippen LogP contribution is 2.39. The predicted molar refractivity (Wildman–Crippen MR) is 78.4 cm³/mol. The van der Waals surface area contributed by atoms with E-state index in [0.717, 1.165) is 11.6 Å². The van der Waals surface area contributed by atoms with Gasteiger partial charge in [-0.3, -0.25) is 0 Å². The Morgan fingerprint density at radius 1 is 1.10 bits per heavy atom. The molecule has 0 aliphatic carbocycles. The third-order valence-electron chi connectivity index (χ3n) is 2.78. The molecule has 0 spiro atoms. The molecule has 0 fully saturated rings. The Kier molecular flexibility index (Phi) is 4.90. The number of ether oxygens (including phenoxy) is 1. The molecule has 0 atom stereocenters. The molecule has 6 heteroatoms. The Hall–Kier alpha value is -1.53. The molecule has 0 aliphatic rings. The Morgan fingerprint density at radius 2 is 1.76 bits per heavy atom. The average molecular weight is 360 g/mol. The van der Waals surface area contributed by atoms with Crippen molar-refractivity contribution in [2.24, 2.45) is 0 Å². The van der Waals surface area contributed by atoms with E-state index in [1.54, 1.807) is 24.3 Å². The van der Waals surface area contributed by atoms with E-state index in [0.29, 0.717) is 16.8 Å². The Labute approximate surface area is 129 Å². The Morgan fingerprint density at radius 3 is 2.33 bits per heavy atom. The summed E-state index contributed by atoms with van der Waals surface area (Å²) in [7, 11) is 1.82. The fraction of sp³-hybridized carbons (Fsp3) is 0.200. The topological polar surface area (TPSA) is 21.3 Å². The summed E-state index contributed by atoms with van der Waals surface area (Å²) in [5, 5.41) is 2.99. The third-order valence-corrected chi connectivity index (χ3v) is 3.27. The highest BCUT2D eigenvalue weighted by atomic mass is 79.9. The van der Waals surface area contributed by atoms with Gasteiger partial charge in [-0.05, 0) is 42.9 Å². The van der Waals surface area contributed by atoms with Crippen molar-refractivity contribution in [2.45, 2.75) is 12.7 Å². The molecule has 21 heavy (non-hydrogen) atoms. The Balaban J connectivity index is 2.28. The zero-order valence-corrected chi connectivity index (χ0v) is 12.8. The zero-order valence-electron chi connectivity index (χ0n) is 11.2. The molecule has 0 heterocycles. The number of benzene rings is 2. The highest BCUT2D eigenvalue weighted by molar-refractivity contribution is 9.10. The number of hydrogen-bond donors (Lipinski definition) is 1. The lowest BCUT2D eigenvalue weighted by molar-refractivity contribution is -0.138. The molecule has 2 rings (SSSR count). The summed E-state index contributed by atoms with van der Waals surface area (Å²) in [6.07, 6.45) is -4.46. The second-order valence-electron chi connectivity index (χ2n) is 4.41. The quantitative estimate of drug-likeness (QED) is 0.831. The molecular formula is C15H13BrF3NO. The van der Waals surface area contributed by atoms with Gasteiger partial charge in [0.1, 0.15) is 11.5 Å². The number of nitrogens with one attached hydrogen (secondary N) is 1. The lowest BCUT2D eigenvalue weighted by Gasteiger charge is -2.14. The Bertz CT molecular complexity index is 611. The van der Waals surface area contributed by atoms with E-state index in [9.17, 15) is 13.2 Å². The molecule has 0 aromatic heterocycles. The van der Waals surface area contributed by atoms with E-state index in [2.05, 4.69) is 21.2 Å². The summed E-state index contributed by atoms with van der Waals surface area (Å²) in [6.45, 7) is 0.685. The molecule has 2 nitrogen and oxygen atoms in total. The van der Waals surface area contributed by atoms with Crippen LogP contribution in [0.15, 0.2) is 46.9 Å². The van der Waals surface area contributed by atoms with Gasteiger partial charge >= 0.3 is 6.18 Å². The summed E-state index contributed by atoms with van der Waals surface area (Å²) >= 11 is 3.15. The maximum atomic E-state index is 12.9. The normalized spacial score (nSPS) is 11.5. The van der Waals surface area contributed by atoms with Gasteiger partial charge in [-0.15, -0.1) is 0 Å². The van der Waals surface area contributed by atoms with E-state index in [1.807, 2.05) is 7.05 Å². The molecule has 0 saturated heterocycles. The van der Waals surface area contributed by atoms with Gasteiger partial charge in [0, 0.05) is 11.0 Å². The summed E-state index contributed by atoms with van der Waals surface area (Å²) in [6, 6.07) is 10.5. The fourth-order valence-corrected chi connectivity index (χ4v) is 2.16. The maximum Gasteiger partial charge on any atom is 0.419 e. The van der Waals surface area contributed by atoms with E-state index >= 15 is 0 Å². The van der Waals surface area contributed by atoms with E-state index in [-0.39, 0.29) is 5.75 Å². The van der Waals surface area contributed by atoms with Gasteiger partial charge in [0.25, 0.3) is 0 Å². The van der Waals surface area contributed by atoms with Crippen LogP contribution in [-0.4, -0.2) is 7.05 Å². The van der Waals surface area contributed by atoms with Crippen molar-refractivity contribution < 1.29 is 17.9 Å². The van der Waals surface area contributed by atoms with Crippen LogP contribution in [0.2, 0.25) is 0 Å². The number of halogens is 4. The summed E-state index contributed by atoms with van der Waals surface area (Å²) in [4.78, 5) is 0. The van der Waals surface area contributed by atoms with Crippen LogP contribution in [0.5, 0.6) is 11.5 Å². The maximum absolute atomic E-state index is 12.9. The molecule has 0 amide bonds. The predicted octanol–water partition coefficient (Wildman–Crippen LogP) is 4.98. The SMILES string of the molecule is CNCc1ccc(Oc2cc(Br)ccc2C(F)(F)F)cc1. The van der Waals surface area contributed by atoms with E-state index in [4.69, 9.17) is 4.74 Å². The molecule has 0 unspecified atom stereocenters. The second-order valence-corrected chi connectivity index (χ2v) is 5.33. The van der Waals surface area contributed by atoms with Crippen LogP contribution in [0.1, 0.15) is 11.1 Å².